The van der Waals surface area contributed by atoms with Gasteiger partial charge >= 0.3 is 0 Å². The molecule has 32 heavy (non-hydrogen) atoms. The minimum Gasteiger partial charge on any atom is -0.382 e. The van der Waals surface area contributed by atoms with E-state index in [0.29, 0.717) is 24.9 Å². The number of benzene rings is 1. The van der Waals surface area contributed by atoms with E-state index in [0.717, 1.165) is 72.6 Å². The van der Waals surface area contributed by atoms with Crippen LogP contribution in [0.1, 0.15) is 53.6 Å². The summed E-state index contributed by atoms with van der Waals surface area (Å²) in [6, 6.07) is 9.56. The van der Waals surface area contributed by atoms with Crippen LogP contribution in [0.4, 0.5) is 5.82 Å². The average Bonchev–Trinajstić information content (AvgIpc) is 3.19. The highest BCUT2D eigenvalue weighted by molar-refractivity contribution is 5.94. The van der Waals surface area contributed by atoms with Gasteiger partial charge in [0.05, 0.1) is 5.52 Å². The van der Waals surface area contributed by atoms with E-state index in [4.69, 9.17) is 15.5 Å². The van der Waals surface area contributed by atoms with E-state index < -0.39 is 0 Å². The first-order valence-corrected chi connectivity index (χ1v) is 11.5. The van der Waals surface area contributed by atoms with Crippen molar-refractivity contribution in [3.8, 4) is 0 Å². The van der Waals surface area contributed by atoms with Crippen LogP contribution in [-0.2, 0) is 17.9 Å². The maximum atomic E-state index is 12.7. The van der Waals surface area contributed by atoms with Gasteiger partial charge in [-0.3, -0.25) is 4.79 Å². The number of nitrogen functional groups attached to an aromatic ring is 1. The standard InChI is InChI=1S/C25H33N5O2/c1-4-32-16-21-28-22-23(17(2)18(3)27-24(22)26)30(21)15-12-19-10-13-29(14-11-19)25(31)20-8-6-5-7-9-20/h5-9,19H,4,10-16H2,1-3H3,(H2,26,27). The second kappa shape index (κ2) is 9.69. The number of pyridine rings is 1. The van der Waals surface area contributed by atoms with Crippen LogP contribution in [0.3, 0.4) is 0 Å². The maximum Gasteiger partial charge on any atom is 0.253 e. The minimum atomic E-state index is 0.137. The summed E-state index contributed by atoms with van der Waals surface area (Å²) in [7, 11) is 0. The molecule has 1 fully saturated rings. The number of imidazole rings is 1. The van der Waals surface area contributed by atoms with Crippen molar-refractivity contribution in [3.63, 3.8) is 0 Å². The molecule has 1 aliphatic rings. The second-order valence-electron chi connectivity index (χ2n) is 8.61. The third-order valence-electron chi connectivity index (χ3n) is 6.59. The van der Waals surface area contributed by atoms with Crippen molar-refractivity contribution in [2.45, 2.75) is 53.2 Å². The van der Waals surface area contributed by atoms with Crippen LogP contribution in [-0.4, -0.2) is 45.0 Å². The Morgan fingerprint density at radius 3 is 2.56 bits per heavy atom. The summed E-state index contributed by atoms with van der Waals surface area (Å²) in [5.41, 5.74) is 10.9. The molecule has 0 aliphatic carbocycles. The number of anilines is 1. The molecule has 3 heterocycles. The third kappa shape index (κ3) is 4.48. The fourth-order valence-electron chi connectivity index (χ4n) is 4.59. The van der Waals surface area contributed by atoms with Crippen LogP contribution in [0.15, 0.2) is 30.3 Å². The summed E-state index contributed by atoms with van der Waals surface area (Å²) >= 11 is 0. The molecule has 0 atom stereocenters. The minimum absolute atomic E-state index is 0.137. The molecule has 2 N–H and O–H groups in total. The Morgan fingerprint density at radius 2 is 1.88 bits per heavy atom. The molecule has 1 aromatic carbocycles. The topological polar surface area (TPSA) is 86.3 Å². The normalized spacial score (nSPS) is 14.9. The molecular weight excluding hydrogens is 402 g/mol. The van der Waals surface area contributed by atoms with Crippen molar-refractivity contribution in [1.29, 1.82) is 0 Å². The summed E-state index contributed by atoms with van der Waals surface area (Å²) in [5.74, 6) is 2.10. The molecule has 3 aromatic rings. The molecule has 0 saturated carbocycles. The molecule has 7 heteroatoms. The Balaban J connectivity index is 1.46. The Hall–Kier alpha value is -2.93. The lowest BCUT2D eigenvalue weighted by molar-refractivity contribution is 0.0684. The van der Waals surface area contributed by atoms with Gasteiger partial charge in [-0.1, -0.05) is 18.2 Å². The van der Waals surface area contributed by atoms with E-state index in [1.165, 1.54) is 0 Å². The highest BCUT2D eigenvalue weighted by Gasteiger charge is 2.24. The summed E-state index contributed by atoms with van der Waals surface area (Å²) in [6.07, 6.45) is 3.08. The first kappa shape index (κ1) is 22.3. The first-order valence-electron chi connectivity index (χ1n) is 11.5. The number of nitrogens with two attached hydrogens (primary N) is 1. The molecule has 1 saturated heterocycles. The number of amides is 1. The summed E-state index contributed by atoms with van der Waals surface area (Å²) < 4.78 is 7.96. The van der Waals surface area contributed by atoms with Crippen LogP contribution in [0.5, 0.6) is 0 Å². The molecule has 1 aliphatic heterocycles. The monoisotopic (exact) mass is 435 g/mol. The quantitative estimate of drug-likeness (QED) is 0.604. The number of piperidine rings is 1. The second-order valence-corrected chi connectivity index (χ2v) is 8.61. The Labute approximate surface area is 189 Å². The molecule has 0 spiro atoms. The number of carbonyl (C=O) groups excluding carboxylic acids is 1. The molecule has 0 bridgehead atoms. The number of hydrogen-bond donors (Lipinski definition) is 1. The number of nitrogens with zero attached hydrogens (tertiary/aromatic N) is 4. The van der Waals surface area contributed by atoms with E-state index in [-0.39, 0.29) is 5.91 Å². The molecule has 0 unspecified atom stereocenters. The number of fused-ring (bicyclic) bond motifs is 1. The Kier molecular flexibility index (Phi) is 6.74. The number of likely N-dealkylation sites (tertiary alicyclic amines) is 1. The van der Waals surface area contributed by atoms with Crippen LogP contribution >= 0.6 is 0 Å². The summed E-state index contributed by atoms with van der Waals surface area (Å²) in [5, 5.41) is 0. The molecule has 1 amide bonds. The maximum absolute atomic E-state index is 12.7. The molecule has 7 nitrogen and oxygen atoms in total. The number of hydrogen-bond acceptors (Lipinski definition) is 5. The van der Waals surface area contributed by atoms with Gasteiger partial charge in [-0.2, -0.15) is 0 Å². The van der Waals surface area contributed by atoms with Gasteiger partial charge in [0.15, 0.2) is 5.82 Å². The van der Waals surface area contributed by atoms with Crippen molar-refractivity contribution >= 4 is 22.8 Å². The zero-order valence-electron chi connectivity index (χ0n) is 19.3. The van der Waals surface area contributed by atoms with E-state index in [1.54, 1.807) is 0 Å². The smallest absolute Gasteiger partial charge is 0.253 e. The number of aryl methyl sites for hydroxylation is 3. The lowest BCUT2D eigenvalue weighted by Crippen LogP contribution is -2.38. The Morgan fingerprint density at radius 1 is 1.16 bits per heavy atom. The van der Waals surface area contributed by atoms with Crippen molar-refractivity contribution in [1.82, 2.24) is 19.4 Å². The van der Waals surface area contributed by atoms with Gasteiger partial charge in [0.1, 0.15) is 17.9 Å². The van der Waals surface area contributed by atoms with Crippen molar-refractivity contribution in [3.05, 3.63) is 53.0 Å². The highest BCUT2D eigenvalue weighted by atomic mass is 16.5. The van der Waals surface area contributed by atoms with Gasteiger partial charge in [0.25, 0.3) is 5.91 Å². The van der Waals surface area contributed by atoms with Gasteiger partial charge in [0, 0.05) is 37.5 Å². The fraction of sp³-hybridized carbons (Fsp3) is 0.480. The van der Waals surface area contributed by atoms with Crippen LogP contribution in [0, 0.1) is 19.8 Å². The fourth-order valence-corrected chi connectivity index (χ4v) is 4.59. The van der Waals surface area contributed by atoms with E-state index in [9.17, 15) is 4.79 Å². The number of aromatic nitrogens is 3. The predicted molar refractivity (Wildman–Crippen MR) is 126 cm³/mol. The molecule has 0 radical (unpaired) electrons. The highest BCUT2D eigenvalue weighted by Crippen LogP contribution is 2.29. The van der Waals surface area contributed by atoms with Gasteiger partial charge < -0.3 is 19.9 Å². The molecule has 170 valence electrons. The average molecular weight is 436 g/mol. The summed E-state index contributed by atoms with van der Waals surface area (Å²) in [4.78, 5) is 24.0. The largest absolute Gasteiger partial charge is 0.382 e. The molecule has 2 aromatic heterocycles. The Bertz CT molecular complexity index is 1080. The predicted octanol–water partition coefficient (Wildman–Crippen LogP) is 4.11. The molecular formula is C25H33N5O2. The van der Waals surface area contributed by atoms with E-state index in [1.807, 2.05) is 49.1 Å². The lowest BCUT2D eigenvalue weighted by Gasteiger charge is -2.32. The van der Waals surface area contributed by atoms with Crippen molar-refractivity contribution in [2.24, 2.45) is 5.92 Å². The SMILES string of the molecule is CCOCc1nc2c(N)nc(C)c(C)c2n1CCC1CCN(C(=O)c2ccccc2)CC1. The summed E-state index contributed by atoms with van der Waals surface area (Å²) in [6.45, 7) is 9.65. The zero-order valence-corrected chi connectivity index (χ0v) is 19.3. The van der Waals surface area contributed by atoms with Gasteiger partial charge in [0.2, 0.25) is 0 Å². The van der Waals surface area contributed by atoms with Gasteiger partial charge in [-0.05, 0) is 63.6 Å². The lowest BCUT2D eigenvalue weighted by atomic mass is 9.93. The number of carbonyl (C=O) groups is 1. The van der Waals surface area contributed by atoms with Crippen LogP contribution in [0.2, 0.25) is 0 Å². The first-order chi connectivity index (χ1) is 15.5. The van der Waals surface area contributed by atoms with Gasteiger partial charge in [-0.15, -0.1) is 0 Å². The van der Waals surface area contributed by atoms with Gasteiger partial charge in [-0.25, -0.2) is 9.97 Å². The van der Waals surface area contributed by atoms with E-state index in [2.05, 4.69) is 16.5 Å². The van der Waals surface area contributed by atoms with Crippen LogP contribution in [0.25, 0.3) is 11.0 Å². The van der Waals surface area contributed by atoms with Crippen LogP contribution < -0.4 is 5.73 Å². The van der Waals surface area contributed by atoms with E-state index >= 15 is 0 Å². The van der Waals surface area contributed by atoms with Crippen molar-refractivity contribution < 1.29 is 9.53 Å². The number of rotatable bonds is 7. The third-order valence-corrected chi connectivity index (χ3v) is 6.59. The molecule has 4 rings (SSSR count). The number of ether oxygens (including phenoxy) is 1. The van der Waals surface area contributed by atoms with Crippen molar-refractivity contribution in [2.75, 3.05) is 25.4 Å². The zero-order chi connectivity index (χ0) is 22.7.